The molecule has 0 saturated carbocycles. The van der Waals surface area contributed by atoms with Gasteiger partial charge in [-0.15, -0.1) is 0 Å². The van der Waals surface area contributed by atoms with E-state index in [-0.39, 0.29) is 5.56 Å². The first kappa shape index (κ1) is 10.3. The van der Waals surface area contributed by atoms with Crippen molar-refractivity contribution < 1.29 is 18.3 Å². The summed E-state index contributed by atoms with van der Waals surface area (Å²) < 4.78 is 37.0. The van der Waals surface area contributed by atoms with Crippen LogP contribution in [0.5, 0.6) is 0 Å². The summed E-state index contributed by atoms with van der Waals surface area (Å²) in [6.45, 7) is -0.535. The van der Waals surface area contributed by atoms with Gasteiger partial charge in [0.05, 0.1) is 11.6 Å². The summed E-state index contributed by atoms with van der Waals surface area (Å²) >= 11 is 5.33. The normalized spacial score (nSPS) is 10.9. The van der Waals surface area contributed by atoms with Crippen LogP contribution in [0.15, 0.2) is 6.20 Å². The summed E-state index contributed by atoms with van der Waals surface area (Å²) in [6.07, 6.45) is -2.09. The zero-order valence-electron chi connectivity index (χ0n) is 6.27. The first-order valence-electron chi connectivity index (χ1n) is 3.29. The van der Waals surface area contributed by atoms with Crippen LogP contribution in [0.25, 0.3) is 0 Å². The highest BCUT2D eigenvalue weighted by Gasteiger charge is 2.19. The van der Waals surface area contributed by atoms with Crippen molar-refractivity contribution in [2.45, 2.75) is 13.0 Å². The maximum atomic E-state index is 12.9. The lowest BCUT2D eigenvalue weighted by Crippen LogP contribution is -1.99. The van der Waals surface area contributed by atoms with Crippen molar-refractivity contribution in [1.82, 2.24) is 4.98 Å². The SMILES string of the molecule is OCc1cnc(C(F)F)c(F)c1Cl. The van der Waals surface area contributed by atoms with Gasteiger partial charge in [0, 0.05) is 11.8 Å². The maximum Gasteiger partial charge on any atom is 0.283 e. The number of nitrogens with zero attached hydrogens (tertiary/aromatic N) is 1. The number of halogens is 4. The van der Waals surface area contributed by atoms with Gasteiger partial charge in [0.15, 0.2) is 5.82 Å². The Labute approximate surface area is 77.0 Å². The van der Waals surface area contributed by atoms with Gasteiger partial charge in [-0.2, -0.15) is 0 Å². The molecule has 0 spiro atoms. The van der Waals surface area contributed by atoms with Crippen LogP contribution in [-0.2, 0) is 6.61 Å². The van der Waals surface area contributed by atoms with E-state index in [1.165, 1.54) is 0 Å². The fourth-order valence-corrected chi connectivity index (χ4v) is 0.982. The average molecular weight is 212 g/mol. The molecule has 72 valence electrons. The number of alkyl halides is 2. The van der Waals surface area contributed by atoms with Crippen molar-refractivity contribution in [2.75, 3.05) is 0 Å². The third-order valence-corrected chi connectivity index (χ3v) is 1.84. The molecule has 0 atom stereocenters. The van der Waals surface area contributed by atoms with Crippen LogP contribution >= 0.6 is 11.6 Å². The molecule has 1 aromatic rings. The van der Waals surface area contributed by atoms with Gasteiger partial charge in [-0.25, -0.2) is 13.2 Å². The molecule has 0 amide bonds. The molecule has 1 aromatic heterocycles. The molecule has 0 radical (unpaired) electrons. The Morgan fingerprint density at radius 3 is 2.62 bits per heavy atom. The molecule has 0 fully saturated rings. The number of aromatic nitrogens is 1. The molecule has 0 saturated heterocycles. The van der Waals surface area contributed by atoms with Crippen LogP contribution in [0.1, 0.15) is 17.7 Å². The topological polar surface area (TPSA) is 33.1 Å². The van der Waals surface area contributed by atoms with Crippen LogP contribution in [-0.4, -0.2) is 10.1 Å². The number of aliphatic hydroxyl groups excluding tert-OH is 1. The molecule has 1 rings (SSSR count). The number of hydrogen-bond acceptors (Lipinski definition) is 2. The molecule has 2 nitrogen and oxygen atoms in total. The molecule has 0 aliphatic heterocycles. The Morgan fingerprint density at radius 1 is 1.54 bits per heavy atom. The van der Waals surface area contributed by atoms with Gasteiger partial charge >= 0.3 is 0 Å². The molecule has 1 N–H and O–H groups in total. The lowest BCUT2D eigenvalue weighted by Gasteiger charge is -2.05. The zero-order chi connectivity index (χ0) is 10.0. The number of pyridine rings is 1. The molecule has 13 heavy (non-hydrogen) atoms. The van der Waals surface area contributed by atoms with E-state index in [2.05, 4.69) is 4.98 Å². The second kappa shape index (κ2) is 3.93. The molecular weight excluding hydrogens is 207 g/mol. The number of hydrogen-bond donors (Lipinski definition) is 1. The summed E-state index contributed by atoms with van der Waals surface area (Å²) in [5.74, 6) is -1.27. The van der Waals surface area contributed by atoms with Crippen LogP contribution in [0.2, 0.25) is 5.02 Å². The van der Waals surface area contributed by atoms with Gasteiger partial charge in [0.25, 0.3) is 6.43 Å². The monoisotopic (exact) mass is 211 g/mol. The molecule has 0 aliphatic rings. The largest absolute Gasteiger partial charge is 0.392 e. The van der Waals surface area contributed by atoms with Gasteiger partial charge in [-0.1, -0.05) is 11.6 Å². The fourth-order valence-electron chi connectivity index (χ4n) is 0.777. The van der Waals surface area contributed by atoms with E-state index < -0.39 is 29.6 Å². The minimum atomic E-state index is -3.01. The predicted octanol–water partition coefficient (Wildman–Crippen LogP) is 2.30. The third-order valence-electron chi connectivity index (χ3n) is 1.44. The van der Waals surface area contributed by atoms with Crippen molar-refractivity contribution >= 4 is 11.6 Å². The Kier molecular flexibility index (Phi) is 3.11. The molecular formula is C7H5ClF3NO. The van der Waals surface area contributed by atoms with E-state index in [0.29, 0.717) is 0 Å². The highest BCUT2D eigenvalue weighted by atomic mass is 35.5. The molecule has 6 heteroatoms. The minimum absolute atomic E-state index is 0.0106. The average Bonchev–Trinajstić information content (AvgIpc) is 2.09. The van der Waals surface area contributed by atoms with Gasteiger partial charge in [-0.05, 0) is 0 Å². The molecule has 0 unspecified atom stereocenters. The molecule has 0 aliphatic carbocycles. The van der Waals surface area contributed by atoms with Gasteiger partial charge < -0.3 is 5.11 Å². The minimum Gasteiger partial charge on any atom is -0.392 e. The number of rotatable bonds is 2. The Morgan fingerprint density at radius 2 is 2.15 bits per heavy atom. The second-order valence-corrected chi connectivity index (χ2v) is 2.63. The Hall–Kier alpha value is -0.810. The summed E-state index contributed by atoms with van der Waals surface area (Å²) in [5.41, 5.74) is -1.01. The lowest BCUT2D eigenvalue weighted by atomic mass is 10.2. The van der Waals surface area contributed by atoms with Gasteiger partial charge in [-0.3, -0.25) is 4.98 Å². The Bertz CT molecular complexity index is 319. The highest BCUT2D eigenvalue weighted by molar-refractivity contribution is 6.31. The summed E-state index contributed by atoms with van der Waals surface area (Å²) in [6, 6.07) is 0. The zero-order valence-corrected chi connectivity index (χ0v) is 7.02. The van der Waals surface area contributed by atoms with Crippen LogP contribution in [0.4, 0.5) is 13.2 Å². The van der Waals surface area contributed by atoms with Crippen molar-refractivity contribution in [3.63, 3.8) is 0 Å². The second-order valence-electron chi connectivity index (χ2n) is 2.26. The number of aliphatic hydroxyl groups is 1. The first-order chi connectivity index (χ1) is 6.07. The summed E-state index contributed by atoms with van der Waals surface area (Å²) in [5, 5.41) is 8.09. The van der Waals surface area contributed by atoms with Crippen LogP contribution < -0.4 is 0 Å². The maximum absolute atomic E-state index is 12.9. The van der Waals surface area contributed by atoms with E-state index in [1.807, 2.05) is 0 Å². The van der Waals surface area contributed by atoms with E-state index in [1.54, 1.807) is 0 Å². The molecule has 1 heterocycles. The van der Waals surface area contributed by atoms with Crippen molar-refractivity contribution in [2.24, 2.45) is 0 Å². The van der Waals surface area contributed by atoms with E-state index >= 15 is 0 Å². The smallest absolute Gasteiger partial charge is 0.283 e. The predicted molar refractivity (Wildman–Crippen MR) is 40.1 cm³/mol. The standard InChI is InChI=1S/C7H5ClF3NO/c8-4-3(2-13)1-12-6(5(4)9)7(10)11/h1,7,13H,2H2. The van der Waals surface area contributed by atoms with Crippen molar-refractivity contribution in [3.8, 4) is 0 Å². The fraction of sp³-hybridized carbons (Fsp3) is 0.286. The van der Waals surface area contributed by atoms with E-state index in [0.717, 1.165) is 6.20 Å². The lowest BCUT2D eigenvalue weighted by molar-refractivity contribution is 0.140. The molecule has 0 aromatic carbocycles. The Balaban J connectivity index is 3.23. The van der Waals surface area contributed by atoms with Gasteiger partial charge in [0.1, 0.15) is 5.69 Å². The quantitative estimate of drug-likeness (QED) is 0.814. The van der Waals surface area contributed by atoms with Crippen molar-refractivity contribution in [1.29, 1.82) is 0 Å². The third kappa shape index (κ3) is 1.92. The highest BCUT2D eigenvalue weighted by Crippen LogP contribution is 2.27. The van der Waals surface area contributed by atoms with Crippen LogP contribution in [0, 0.1) is 5.82 Å². The first-order valence-corrected chi connectivity index (χ1v) is 3.67. The van der Waals surface area contributed by atoms with Gasteiger partial charge in [0.2, 0.25) is 0 Å². The van der Waals surface area contributed by atoms with E-state index in [4.69, 9.17) is 16.7 Å². The molecule has 0 bridgehead atoms. The summed E-state index contributed by atoms with van der Waals surface area (Å²) in [4.78, 5) is 3.14. The summed E-state index contributed by atoms with van der Waals surface area (Å²) in [7, 11) is 0. The van der Waals surface area contributed by atoms with Crippen molar-refractivity contribution in [3.05, 3.63) is 28.3 Å². The van der Waals surface area contributed by atoms with E-state index in [9.17, 15) is 13.2 Å². The van der Waals surface area contributed by atoms with Crippen LogP contribution in [0.3, 0.4) is 0 Å².